The number of hydrogen-bond donors (Lipinski definition) is 3. The molecule has 5 nitrogen and oxygen atoms in total. The molecule has 0 saturated heterocycles. The second-order valence-corrected chi connectivity index (χ2v) is 6.55. The predicted molar refractivity (Wildman–Crippen MR) is 92.8 cm³/mol. The molecule has 5 heteroatoms. The summed E-state index contributed by atoms with van der Waals surface area (Å²) in [6.45, 7) is 5.74. The number of carbonyl (C=O) groups is 1. The van der Waals surface area contributed by atoms with Gasteiger partial charge >= 0.3 is 0 Å². The Morgan fingerprint density at radius 3 is 2.78 bits per heavy atom. The van der Waals surface area contributed by atoms with E-state index in [4.69, 9.17) is 4.74 Å². The van der Waals surface area contributed by atoms with E-state index in [1.54, 1.807) is 7.05 Å². The Labute approximate surface area is 138 Å². The molecule has 0 spiro atoms. The van der Waals surface area contributed by atoms with Crippen molar-refractivity contribution in [2.45, 2.75) is 33.1 Å². The van der Waals surface area contributed by atoms with Gasteiger partial charge in [0.05, 0.1) is 19.0 Å². The summed E-state index contributed by atoms with van der Waals surface area (Å²) in [7, 11) is 1.68. The molecule has 0 aromatic heterocycles. The Kier molecular flexibility index (Phi) is 5.90. The lowest BCUT2D eigenvalue weighted by Crippen LogP contribution is -2.22. The van der Waals surface area contributed by atoms with E-state index in [1.807, 2.05) is 24.4 Å². The third-order valence-corrected chi connectivity index (χ3v) is 4.15. The zero-order valence-corrected chi connectivity index (χ0v) is 14.2. The molecule has 0 saturated carbocycles. The Bertz CT molecular complexity index is 567. The molecule has 126 valence electrons. The number of ether oxygens (including phenoxy) is 1. The first-order chi connectivity index (χ1) is 11.0. The summed E-state index contributed by atoms with van der Waals surface area (Å²) >= 11 is 0. The Morgan fingerprint density at radius 2 is 2.09 bits per heavy atom. The first-order valence-electron chi connectivity index (χ1n) is 8.12. The molecular formula is C18H27N3O2. The fourth-order valence-electron chi connectivity index (χ4n) is 2.48. The van der Waals surface area contributed by atoms with Crippen LogP contribution in [0, 0.1) is 5.41 Å². The van der Waals surface area contributed by atoms with Crippen molar-refractivity contribution in [3.8, 4) is 5.75 Å². The molecule has 0 radical (unpaired) electrons. The summed E-state index contributed by atoms with van der Waals surface area (Å²) in [5, 5.41) is 9.10. The van der Waals surface area contributed by atoms with Crippen LogP contribution < -0.4 is 20.7 Å². The standard InChI is InChI=1S/C18H27N3O2/c1-18(2,9-8-17(22)19-3)10-11-23-16-7-5-4-6-14(16)15-12-20-13-21-15/h4-7,12,20-21H,8-11,13H2,1-3H3,(H,19,22). The quantitative estimate of drug-likeness (QED) is 0.689. The van der Waals surface area contributed by atoms with Gasteiger partial charge in [-0.05, 0) is 30.4 Å². The van der Waals surface area contributed by atoms with Crippen molar-refractivity contribution in [3.05, 3.63) is 36.0 Å². The van der Waals surface area contributed by atoms with Gasteiger partial charge in [0.25, 0.3) is 0 Å². The fourth-order valence-corrected chi connectivity index (χ4v) is 2.48. The molecule has 2 rings (SSSR count). The molecule has 0 aliphatic carbocycles. The van der Waals surface area contributed by atoms with Gasteiger partial charge in [0.15, 0.2) is 0 Å². The average molecular weight is 317 g/mol. The van der Waals surface area contributed by atoms with Crippen LogP contribution in [0.2, 0.25) is 0 Å². The average Bonchev–Trinajstić information content (AvgIpc) is 3.07. The SMILES string of the molecule is CNC(=O)CCC(C)(C)CCOc1ccccc1C1=CNCN1. The van der Waals surface area contributed by atoms with Crippen molar-refractivity contribution in [1.82, 2.24) is 16.0 Å². The van der Waals surface area contributed by atoms with E-state index in [1.165, 1.54) is 0 Å². The Balaban J connectivity index is 1.87. The van der Waals surface area contributed by atoms with E-state index in [-0.39, 0.29) is 11.3 Å². The molecule has 1 amide bonds. The first kappa shape index (κ1) is 17.2. The van der Waals surface area contributed by atoms with Crippen LogP contribution in [0.25, 0.3) is 5.70 Å². The highest BCUT2D eigenvalue weighted by atomic mass is 16.5. The van der Waals surface area contributed by atoms with Crippen LogP contribution in [0.4, 0.5) is 0 Å². The molecular weight excluding hydrogens is 290 g/mol. The topological polar surface area (TPSA) is 62.4 Å². The second-order valence-electron chi connectivity index (χ2n) is 6.55. The lowest BCUT2D eigenvalue weighted by atomic mass is 9.84. The highest BCUT2D eigenvalue weighted by Gasteiger charge is 2.20. The zero-order chi connectivity index (χ0) is 16.7. The van der Waals surface area contributed by atoms with Crippen LogP contribution in [0.1, 0.15) is 38.7 Å². The van der Waals surface area contributed by atoms with Gasteiger partial charge in [-0.15, -0.1) is 0 Å². The number of nitrogens with one attached hydrogen (secondary N) is 3. The number of hydrogen-bond acceptors (Lipinski definition) is 4. The summed E-state index contributed by atoms with van der Waals surface area (Å²) in [5.74, 6) is 0.980. The lowest BCUT2D eigenvalue weighted by molar-refractivity contribution is -0.121. The van der Waals surface area contributed by atoms with Crippen molar-refractivity contribution in [3.63, 3.8) is 0 Å². The van der Waals surface area contributed by atoms with Gasteiger partial charge in [0, 0.05) is 25.2 Å². The highest BCUT2D eigenvalue weighted by molar-refractivity contribution is 5.75. The molecule has 0 atom stereocenters. The van der Waals surface area contributed by atoms with Crippen LogP contribution in [0.5, 0.6) is 5.75 Å². The Morgan fingerprint density at radius 1 is 1.30 bits per heavy atom. The maximum atomic E-state index is 11.4. The lowest BCUT2D eigenvalue weighted by Gasteiger charge is -2.24. The number of rotatable bonds is 8. The van der Waals surface area contributed by atoms with E-state index >= 15 is 0 Å². The summed E-state index contributed by atoms with van der Waals surface area (Å²) in [4.78, 5) is 11.4. The van der Waals surface area contributed by atoms with Crippen LogP contribution in [-0.4, -0.2) is 26.2 Å². The molecule has 1 aromatic rings. The molecule has 1 aromatic carbocycles. The van der Waals surface area contributed by atoms with Gasteiger partial charge in [0.2, 0.25) is 5.91 Å². The number of para-hydroxylation sites is 1. The third-order valence-electron chi connectivity index (χ3n) is 4.15. The summed E-state index contributed by atoms with van der Waals surface area (Å²) < 4.78 is 6.01. The van der Waals surface area contributed by atoms with Gasteiger partial charge in [-0.3, -0.25) is 4.79 Å². The smallest absolute Gasteiger partial charge is 0.219 e. The first-order valence-corrected chi connectivity index (χ1v) is 8.12. The van der Waals surface area contributed by atoms with Gasteiger partial charge in [-0.25, -0.2) is 0 Å². The van der Waals surface area contributed by atoms with Gasteiger partial charge in [-0.1, -0.05) is 26.0 Å². The minimum absolute atomic E-state index is 0.0773. The summed E-state index contributed by atoms with van der Waals surface area (Å²) in [6, 6.07) is 8.04. The van der Waals surface area contributed by atoms with E-state index in [2.05, 4.69) is 35.9 Å². The molecule has 0 fully saturated rings. The largest absolute Gasteiger partial charge is 0.493 e. The molecule has 1 aliphatic rings. The number of benzene rings is 1. The monoisotopic (exact) mass is 317 g/mol. The Hall–Kier alpha value is -2.17. The van der Waals surface area contributed by atoms with Crippen molar-refractivity contribution in [2.75, 3.05) is 20.3 Å². The molecule has 3 N–H and O–H groups in total. The molecule has 23 heavy (non-hydrogen) atoms. The maximum absolute atomic E-state index is 11.4. The van der Waals surface area contributed by atoms with Gasteiger partial charge in [0.1, 0.15) is 5.75 Å². The van der Waals surface area contributed by atoms with Crippen molar-refractivity contribution in [2.24, 2.45) is 5.41 Å². The molecule has 0 unspecified atom stereocenters. The molecule has 1 aliphatic heterocycles. The highest BCUT2D eigenvalue weighted by Crippen LogP contribution is 2.29. The number of carbonyl (C=O) groups excluding carboxylic acids is 1. The van der Waals surface area contributed by atoms with Crippen molar-refractivity contribution in [1.29, 1.82) is 0 Å². The van der Waals surface area contributed by atoms with Crippen molar-refractivity contribution >= 4 is 11.6 Å². The zero-order valence-electron chi connectivity index (χ0n) is 14.2. The van der Waals surface area contributed by atoms with E-state index in [0.717, 1.165) is 36.5 Å². The molecule has 0 bridgehead atoms. The van der Waals surface area contributed by atoms with E-state index < -0.39 is 0 Å². The van der Waals surface area contributed by atoms with Crippen LogP contribution in [0.3, 0.4) is 0 Å². The minimum atomic E-state index is 0.0773. The van der Waals surface area contributed by atoms with Crippen LogP contribution in [0.15, 0.2) is 30.5 Å². The van der Waals surface area contributed by atoms with Gasteiger partial charge < -0.3 is 20.7 Å². The van der Waals surface area contributed by atoms with E-state index in [0.29, 0.717) is 13.0 Å². The van der Waals surface area contributed by atoms with Crippen molar-refractivity contribution < 1.29 is 9.53 Å². The predicted octanol–water partition coefficient (Wildman–Crippen LogP) is 2.46. The normalized spacial score (nSPS) is 13.8. The second kappa shape index (κ2) is 7.90. The van der Waals surface area contributed by atoms with E-state index in [9.17, 15) is 4.79 Å². The maximum Gasteiger partial charge on any atom is 0.219 e. The van der Waals surface area contributed by atoms with Gasteiger partial charge in [-0.2, -0.15) is 0 Å². The number of amides is 1. The minimum Gasteiger partial charge on any atom is -0.493 e. The summed E-state index contributed by atoms with van der Waals surface area (Å²) in [5.41, 5.74) is 2.20. The van der Waals surface area contributed by atoms with Crippen LogP contribution in [-0.2, 0) is 4.79 Å². The third kappa shape index (κ3) is 5.20. The molecule has 1 heterocycles. The fraction of sp³-hybridized carbons (Fsp3) is 0.500. The van der Waals surface area contributed by atoms with Crippen LogP contribution >= 0.6 is 0 Å². The summed E-state index contributed by atoms with van der Waals surface area (Å²) in [6.07, 6.45) is 4.29.